The molecule has 2 aromatic rings. The van der Waals surface area contributed by atoms with Crippen LogP contribution in [0, 0.1) is 0 Å². The fourth-order valence-corrected chi connectivity index (χ4v) is 2.58. The molecule has 0 unspecified atom stereocenters. The Kier molecular flexibility index (Phi) is 6.67. The van der Waals surface area contributed by atoms with Crippen LogP contribution in [0.15, 0.2) is 29.4 Å². The third-order valence-electron chi connectivity index (χ3n) is 2.82. The number of methoxy groups -OCH3 is 1. The molecule has 8 heteroatoms. The number of thioether (sulfide) groups is 1. The van der Waals surface area contributed by atoms with Gasteiger partial charge in [-0.3, -0.25) is 0 Å². The number of nitrogens with zero attached hydrogens (tertiary/aromatic N) is 3. The summed E-state index contributed by atoms with van der Waals surface area (Å²) in [5.74, 6) is 1.11. The maximum Gasteiger partial charge on any atom is 0.337 e. The fourth-order valence-electron chi connectivity index (χ4n) is 1.70. The van der Waals surface area contributed by atoms with E-state index in [1.54, 1.807) is 17.8 Å². The van der Waals surface area contributed by atoms with Crippen molar-refractivity contribution in [1.82, 2.24) is 14.8 Å². The van der Waals surface area contributed by atoms with E-state index in [1.807, 2.05) is 29.8 Å². The third-order valence-corrected chi connectivity index (χ3v) is 3.92. The summed E-state index contributed by atoms with van der Waals surface area (Å²) >= 11 is 1.55. The van der Waals surface area contributed by atoms with E-state index < -0.39 is 0 Å². The topological polar surface area (TPSA) is 83.0 Å². The number of esters is 1. The Bertz CT molecular complexity index is 618. The van der Waals surface area contributed by atoms with E-state index in [1.165, 1.54) is 7.11 Å². The molecular formula is C13H17ClN4O2S. The average molecular weight is 329 g/mol. The second-order valence-electron chi connectivity index (χ2n) is 4.14. The van der Waals surface area contributed by atoms with Crippen molar-refractivity contribution in [2.45, 2.75) is 17.5 Å². The molecule has 0 bridgehead atoms. The number of halogens is 1. The predicted octanol–water partition coefficient (Wildman–Crippen LogP) is 1.77. The first-order valence-corrected chi connectivity index (χ1v) is 7.02. The summed E-state index contributed by atoms with van der Waals surface area (Å²) in [5.41, 5.74) is 7.13. The van der Waals surface area contributed by atoms with Gasteiger partial charge in [-0.05, 0) is 17.7 Å². The van der Waals surface area contributed by atoms with Crippen LogP contribution < -0.4 is 5.73 Å². The molecule has 0 saturated heterocycles. The summed E-state index contributed by atoms with van der Waals surface area (Å²) in [7, 11) is 3.26. The zero-order valence-electron chi connectivity index (χ0n) is 11.8. The molecule has 0 saturated carbocycles. The van der Waals surface area contributed by atoms with Crippen LogP contribution in [0.1, 0.15) is 21.7 Å². The molecule has 6 nitrogen and oxygen atoms in total. The van der Waals surface area contributed by atoms with E-state index in [0.717, 1.165) is 16.5 Å². The number of hydrogen-bond acceptors (Lipinski definition) is 6. The van der Waals surface area contributed by atoms with Crippen molar-refractivity contribution in [3.8, 4) is 0 Å². The number of hydrogen-bond donors (Lipinski definition) is 1. The third kappa shape index (κ3) is 4.20. The molecule has 21 heavy (non-hydrogen) atoms. The molecule has 2 rings (SSSR count). The van der Waals surface area contributed by atoms with Crippen molar-refractivity contribution < 1.29 is 9.53 Å². The zero-order valence-corrected chi connectivity index (χ0v) is 13.4. The van der Waals surface area contributed by atoms with Gasteiger partial charge >= 0.3 is 5.97 Å². The predicted molar refractivity (Wildman–Crippen MR) is 83.5 cm³/mol. The van der Waals surface area contributed by atoms with Gasteiger partial charge in [0.15, 0.2) is 5.16 Å². The lowest BCUT2D eigenvalue weighted by Gasteiger charge is -2.04. The molecule has 0 atom stereocenters. The summed E-state index contributed by atoms with van der Waals surface area (Å²) in [5, 5.41) is 8.88. The summed E-state index contributed by atoms with van der Waals surface area (Å²) in [6.45, 7) is 0.363. The first-order chi connectivity index (χ1) is 9.65. The van der Waals surface area contributed by atoms with Crippen LogP contribution in [0.25, 0.3) is 0 Å². The first-order valence-electron chi connectivity index (χ1n) is 6.04. The number of ether oxygens (including phenoxy) is 1. The van der Waals surface area contributed by atoms with Gasteiger partial charge in [-0.25, -0.2) is 4.79 Å². The maximum absolute atomic E-state index is 11.5. The van der Waals surface area contributed by atoms with E-state index in [2.05, 4.69) is 10.2 Å². The van der Waals surface area contributed by atoms with E-state index in [-0.39, 0.29) is 18.4 Å². The monoisotopic (exact) mass is 328 g/mol. The Morgan fingerprint density at radius 2 is 2.19 bits per heavy atom. The van der Waals surface area contributed by atoms with Gasteiger partial charge in [-0.1, -0.05) is 23.9 Å². The lowest BCUT2D eigenvalue weighted by atomic mass is 10.1. The number of carbonyl (C=O) groups excluding carboxylic acids is 1. The number of aromatic nitrogens is 3. The smallest absolute Gasteiger partial charge is 0.337 e. The normalized spacial score (nSPS) is 10.0. The Morgan fingerprint density at radius 3 is 2.81 bits per heavy atom. The molecule has 1 aromatic carbocycles. The maximum atomic E-state index is 11.5. The van der Waals surface area contributed by atoms with Crippen LogP contribution in [0.3, 0.4) is 0 Å². The molecule has 0 amide bonds. The second kappa shape index (κ2) is 8.02. The van der Waals surface area contributed by atoms with Crippen molar-refractivity contribution in [2.24, 2.45) is 12.8 Å². The van der Waals surface area contributed by atoms with Gasteiger partial charge in [0.25, 0.3) is 0 Å². The van der Waals surface area contributed by atoms with Crippen molar-refractivity contribution >= 4 is 30.1 Å². The first kappa shape index (κ1) is 17.5. The minimum Gasteiger partial charge on any atom is -0.465 e. The summed E-state index contributed by atoms with van der Waals surface area (Å²) in [6.07, 6.45) is 0. The lowest BCUT2D eigenvalue weighted by Crippen LogP contribution is -2.05. The standard InChI is InChI=1S/C13H16N4O2S.ClH/c1-17-11(7-14)15-16-13(17)20-8-9-4-3-5-10(6-9)12(18)19-2;/h3-6H,7-8,14H2,1-2H3;1H. The summed E-state index contributed by atoms with van der Waals surface area (Å²) < 4.78 is 6.57. The molecule has 0 aliphatic heterocycles. The van der Waals surface area contributed by atoms with Gasteiger partial charge in [-0.15, -0.1) is 22.6 Å². The van der Waals surface area contributed by atoms with Crippen molar-refractivity contribution in [1.29, 1.82) is 0 Å². The molecule has 0 spiro atoms. The molecule has 1 heterocycles. The quantitative estimate of drug-likeness (QED) is 0.665. The van der Waals surface area contributed by atoms with Crippen LogP contribution in [-0.2, 0) is 24.1 Å². The summed E-state index contributed by atoms with van der Waals surface area (Å²) in [4.78, 5) is 11.5. The SMILES string of the molecule is COC(=O)c1cccc(CSc2nnc(CN)n2C)c1.Cl. The highest BCUT2D eigenvalue weighted by atomic mass is 35.5. The van der Waals surface area contributed by atoms with E-state index >= 15 is 0 Å². The van der Waals surface area contributed by atoms with Gasteiger partial charge in [0.1, 0.15) is 5.82 Å². The Labute approximate surface area is 133 Å². The fraction of sp³-hybridized carbons (Fsp3) is 0.308. The molecule has 0 radical (unpaired) electrons. The highest BCUT2D eigenvalue weighted by Crippen LogP contribution is 2.21. The number of rotatable bonds is 5. The van der Waals surface area contributed by atoms with Gasteiger partial charge in [0, 0.05) is 12.8 Å². The number of benzene rings is 1. The van der Waals surface area contributed by atoms with Gasteiger partial charge in [0.2, 0.25) is 0 Å². The number of carbonyl (C=O) groups is 1. The van der Waals surface area contributed by atoms with Crippen LogP contribution in [0.5, 0.6) is 0 Å². The van der Waals surface area contributed by atoms with Crippen LogP contribution in [0.2, 0.25) is 0 Å². The minimum atomic E-state index is -0.332. The zero-order chi connectivity index (χ0) is 14.5. The average Bonchev–Trinajstić information content (AvgIpc) is 2.85. The largest absolute Gasteiger partial charge is 0.465 e. The molecule has 0 aliphatic carbocycles. The molecule has 1 aromatic heterocycles. The number of nitrogens with two attached hydrogens (primary N) is 1. The van der Waals surface area contributed by atoms with Crippen molar-refractivity contribution in [3.05, 3.63) is 41.2 Å². The highest BCUT2D eigenvalue weighted by Gasteiger charge is 2.09. The molecule has 0 fully saturated rings. The van der Waals surface area contributed by atoms with Crippen LogP contribution >= 0.6 is 24.2 Å². The minimum absolute atomic E-state index is 0. The van der Waals surface area contributed by atoms with Crippen molar-refractivity contribution in [3.63, 3.8) is 0 Å². The van der Waals surface area contributed by atoms with Gasteiger partial charge in [-0.2, -0.15) is 0 Å². The summed E-state index contributed by atoms with van der Waals surface area (Å²) in [6, 6.07) is 7.34. The Hall–Kier alpha value is -1.57. The van der Waals surface area contributed by atoms with Crippen molar-refractivity contribution in [2.75, 3.05) is 7.11 Å². The second-order valence-corrected chi connectivity index (χ2v) is 5.09. The van der Waals surface area contributed by atoms with Gasteiger partial charge in [0.05, 0.1) is 19.2 Å². The van der Waals surface area contributed by atoms with E-state index in [0.29, 0.717) is 17.9 Å². The van der Waals surface area contributed by atoms with Crippen LogP contribution in [-0.4, -0.2) is 27.8 Å². The molecule has 2 N–H and O–H groups in total. The van der Waals surface area contributed by atoms with E-state index in [9.17, 15) is 4.79 Å². The molecule has 0 aliphatic rings. The molecule has 114 valence electrons. The van der Waals surface area contributed by atoms with E-state index in [4.69, 9.17) is 10.5 Å². The lowest BCUT2D eigenvalue weighted by molar-refractivity contribution is 0.0600. The Balaban J connectivity index is 0.00000220. The molecular weight excluding hydrogens is 312 g/mol. The van der Waals surface area contributed by atoms with Gasteiger partial charge < -0.3 is 15.0 Å². The highest BCUT2D eigenvalue weighted by molar-refractivity contribution is 7.98. The van der Waals surface area contributed by atoms with Crippen LogP contribution in [0.4, 0.5) is 0 Å². The Morgan fingerprint density at radius 1 is 1.43 bits per heavy atom.